The average molecular weight is 437 g/mol. The van der Waals surface area contributed by atoms with Gasteiger partial charge in [-0.15, -0.1) is 0 Å². The maximum Gasteiger partial charge on any atom is 0.329 e. The van der Waals surface area contributed by atoms with E-state index in [2.05, 4.69) is 11.6 Å². The first kappa shape index (κ1) is 22.2. The van der Waals surface area contributed by atoms with E-state index in [1.807, 2.05) is 36.4 Å². The number of ether oxygens (including phenoxy) is 1. The fourth-order valence-corrected chi connectivity index (χ4v) is 4.65. The minimum Gasteiger partial charge on any atom is -0.480 e. The molecule has 3 aromatic rings. The molecular weight excluding hydrogens is 407 g/mol. The summed E-state index contributed by atoms with van der Waals surface area (Å²) in [6.45, 7) is 3.17. The van der Waals surface area contributed by atoms with Crippen molar-refractivity contribution in [2.75, 3.05) is 13.2 Å². The highest BCUT2D eigenvalue weighted by Gasteiger charge is 2.25. The SMILES string of the molecule is Cc1c(-c2cccc(F)c2)c(-c2ccccc2)nn1C[C@H]1CC[C@H](COCC(=O)O)CC1. The van der Waals surface area contributed by atoms with Gasteiger partial charge in [0.1, 0.15) is 18.1 Å². The lowest BCUT2D eigenvalue weighted by Gasteiger charge is -2.28. The van der Waals surface area contributed by atoms with Crippen LogP contribution < -0.4 is 0 Å². The van der Waals surface area contributed by atoms with Crippen molar-refractivity contribution in [1.82, 2.24) is 9.78 Å². The van der Waals surface area contributed by atoms with Crippen LogP contribution in [0.1, 0.15) is 31.4 Å². The Morgan fingerprint density at radius 2 is 1.75 bits per heavy atom. The second-order valence-corrected chi connectivity index (χ2v) is 8.66. The number of halogens is 1. The van der Waals surface area contributed by atoms with Crippen molar-refractivity contribution in [1.29, 1.82) is 0 Å². The lowest BCUT2D eigenvalue weighted by Crippen LogP contribution is -2.23. The van der Waals surface area contributed by atoms with Crippen molar-refractivity contribution < 1.29 is 19.0 Å². The Kier molecular flexibility index (Phi) is 7.00. The molecule has 0 aliphatic heterocycles. The predicted octanol–water partition coefficient (Wildman–Crippen LogP) is 5.57. The average Bonchev–Trinajstić information content (AvgIpc) is 3.11. The molecule has 1 aromatic heterocycles. The number of hydrogen-bond acceptors (Lipinski definition) is 3. The molecule has 0 saturated heterocycles. The largest absolute Gasteiger partial charge is 0.480 e. The first-order chi connectivity index (χ1) is 15.5. The Hall–Kier alpha value is -2.99. The van der Waals surface area contributed by atoms with Crippen molar-refractivity contribution in [3.05, 3.63) is 66.1 Å². The third-order valence-corrected chi connectivity index (χ3v) is 6.34. The molecule has 1 N–H and O–H groups in total. The number of nitrogens with zero attached hydrogens (tertiary/aromatic N) is 2. The topological polar surface area (TPSA) is 64.4 Å². The molecule has 168 valence electrons. The van der Waals surface area contributed by atoms with Crippen molar-refractivity contribution in [2.24, 2.45) is 11.8 Å². The summed E-state index contributed by atoms with van der Waals surface area (Å²) in [6.07, 6.45) is 4.20. The summed E-state index contributed by atoms with van der Waals surface area (Å²) in [5, 5.41) is 13.7. The van der Waals surface area contributed by atoms with Gasteiger partial charge in [-0.05, 0) is 62.1 Å². The molecule has 1 heterocycles. The molecule has 0 radical (unpaired) electrons. The Labute approximate surface area is 187 Å². The van der Waals surface area contributed by atoms with E-state index in [9.17, 15) is 9.18 Å². The number of aliphatic carboxylic acids is 1. The molecular formula is C26H29FN2O3. The van der Waals surface area contributed by atoms with Crippen LogP contribution in [0.3, 0.4) is 0 Å². The number of benzene rings is 2. The van der Waals surface area contributed by atoms with Gasteiger partial charge in [0.2, 0.25) is 0 Å². The summed E-state index contributed by atoms with van der Waals surface area (Å²) < 4.78 is 21.4. The Morgan fingerprint density at radius 3 is 2.44 bits per heavy atom. The Morgan fingerprint density at radius 1 is 1.06 bits per heavy atom. The molecule has 5 nitrogen and oxygen atoms in total. The van der Waals surface area contributed by atoms with Gasteiger partial charge in [-0.25, -0.2) is 9.18 Å². The smallest absolute Gasteiger partial charge is 0.329 e. The minimum absolute atomic E-state index is 0.225. The number of aromatic nitrogens is 2. The number of carbonyl (C=O) groups is 1. The van der Waals surface area contributed by atoms with E-state index < -0.39 is 5.97 Å². The van der Waals surface area contributed by atoms with E-state index >= 15 is 0 Å². The fourth-order valence-electron chi connectivity index (χ4n) is 4.65. The van der Waals surface area contributed by atoms with Crippen LogP contribution in [0.25, 0.3) is 22.4 Å². The fraction of sp³-hybridized carbons (Fsp3) is 0.385. The summed E-state index contributed by atoms with van der Waals surface area (Å²) >= 11 is 0. The van der Waals surface area contributed by atoms with Gasteiger partial charge in [0.15, 0.2) is 0 Å². The van der Waals surface area contributed by atoms with Crippen LogP contribution >= 0.6 is 0 Å². The van der Waals surface area contributed by atoms with E-state index in [-0.39, 0.29) is 12.4 Å². The monoisotopic (exact) mass is 436 g/mol. The maximum atomic E-state index is 14.0. The lowest BCUT2D eigenvalue weighted by atomic mass is 9.82. The zero-order valence-corrected chi connectivity index (χ0v) is 18.3. The molecule has 0 atom stereocenters. The third-order valence-electron chi connectivity index (χ3n) is 6.34. The second kappa shape index (κ2) is 10.1. The van der Waals surface area contributed by atoms with Crippen LogP contribution in [0.15, 0.2) is 54.6 Å². The van der Waals surface area contributed by atoms with Crippen LogP contribution in [0, 0.1) is 24.6 Å². The van der Waals surface area contributed by atoms with E-state index in [4.69, 9.17) is 14.9 Å². The van der Waals surface area contributed by atoms with Crippen molar-refractivity contribution in [2.45, 2.75) is 39.2 Å². The predicted molar refractivity (Wildman–Crippen MR) is 122 cm³/mol. The number of hydrogen-bond donors (Lipinski definition) is 1. The summed E-state index contributed by atoms with van der Waals surface area (Å²) in [5.41, 5.74) is 4.76. The normalized spacial score (nSPS) is 18.6. The standard InChI is InChI=1S/C26H29FN2O3/c1-18-25(22-8-5-9-23(27)14-22)26(21-6-3-2-4-7-21)28-29(18)15-19-10-12-20(13-11-19)16-32-17-24(30)31/h2-9,14,19-20H,10-13,15-17H2,1H3,(H,30,31)/t19-,20-. The van der Waals surface area contributed by atoms with Gasteiger partial charge in [0.05, 0.1) is 6.61 Å². The number of carboxylic acids is 1. The van der Waals surface area contributed by atoms with Crippen LogP contribution in [0.5, 0.6) is 0 Å². The van der Waals surface area contributed by atoms with Gasteiger partial charge in [0, 0.05) is 23.4 Å². The van der Waals surface area contributed by atoms with E-state index in [1.54, 1.807) is 12.1 Å². The van der Waals surface area contributed by atoms with E-state index in [1.165, 1.54) is 6.07 Å². The van der Waals surface area contributed by atoms with Crippen LogP contribution in [-0.2, 0) is 16.1 Å². The summed E-state index contributed by atoms with van der Waals surface area (Å²) in [7, 11) is 0. The van der Waals surface area contributed by atoms with Crippen molar-refractivity contribution in [3.8, 4) is 22.4 Å². The van der Waals surface area contributed by atoms with E-state index in [0.29, 0.717) is 18.4 Å². The van der Waals surface area contributed by atoms with Gasteiger partial charge in [-0.2, -0.15) is 5.10 Å². The molecule has 0 amide bonds. The quantitative estimate of drug-likeness (QED) is 0.501. The molecule has 1 saturated carbocycles. The van der Waals surface area contributed by atoms with E-state index in [0.717, 1.165) is 60.3 Å². The maximum absolute atomic E-state index is 14.0. The molecule has 0 unspecified atom stereocenters. The summed E-state index contributed by atoms with van der Waals surface area (Å²) in [5.74, 6) is -0.242. The Bertz CT molecular complexity index is 1060. The summed E-state index contributed by atoms with van der Waals surface area (Å²) in [4.78, 5) is 10.6. The lowest BCUT2D eigenvalue weighted by molar-refractivity contribution is -0.142. The molecule has 1 fully saturated rings. The van der Waals surface area contributed by atoms with Crippen molar-refractivity contribution >= 4 is 5.97 Å². The third kappa shape index (κ3) is 5.25. The molecule has 0 bridgehead atoms. The van der Waals surface area contributed by atoms with Crippen LogP contribution in [-0.4, -0.2) is 34.1 Å². The first-order valence-corrected chi connectivity index (χ1v) is 11.2. The molecule has 2 aromatic carbocycles. The molecule has 32 heavy (non-hydrogen) atoms. The molecule has 6 heteroatoms. The van der Waals surface area contributed by atoms with Gasteiger partial charge in [-0.1, -0.05) is 42.5 Å². The second-order valence-electron chi connectivity index (χ2n) is 8.66. The number of carboxylic acid groups (broad SMARTS) is 1. The van der Waals surface area contributed by atoms with Gasteiger partial charge >= 0.3 is 5.97 Å². The minimum atomic E-state index is -0.920. The molecule has 4 rings (SSSR count). The highest BCUT2D eigenvalue weighted by atomic mass is 19.1. The zero-order chi connectivity index (χ0) is 22.5. The molecule has 0 spiro atoms. The van der Waals surface area contributed by atoms with Gasteiger partial charge < -0.3 is 9.84 Å². The molecule has 1 aliphatic rings. The first-order valence-electron chi connectivity index (χ1n) is 11.2. The van der Waals surface area contributed by atoms with Crippen LogP contribution in [0.4, 0.5) is 4.39 Å². The highest BCUT2D eigenvalue weighted by Crippen LogP contribution is 2.36. The number of rotatable bonds is 8. The zero-order valence-electron chi connectivity index (χ0n) is 18.3. The van der Waals surface area contributed by atoms with Crippen molar-refractivity contribution in [3.63, 3.8) is 0 Å². The Balaban J connectivity index is 1.52. The summed E-state index contributed by atoms with van der Waals surface area (Å²) in [6, 6.07) is 16.8. The van der Waals surface area contributed by atoms with Crippen LogP contribution in [0.2, 0.25) is 0 Å². The van der Waals surface area contributed by atoms with Gasteiger partial charge in [0.25, 0.3) is 0 Å². The molecule has 1 aliphatic carbocycles. The van der Waals surface area contributed by atoms with Gasteiger partial charge in [-0.3, -0.25) is 4.68 Å². The highest BCUT2D eigenvalue weighted by molar-refractivity contribution is 5.82.